The summed E-state index contributed by atoms with van der Waals surface area (Å²) in [5, 5.41) is 0.777. The minimum absolute atomic E-state index is 0.320. The molecular weight excluding hydrogens is 440 g/mol. The summed E-state index contributed by atoms with van der Waals surface area (Å²) in [6, 6.07) is 21.1. The lowest BCUT2D eigenvalue weighted by atomic mass is 10.1. The van der Waals surface area contributed by atoms with Gasteiger partial charge in [-0.2, -0.15) is 0 Å². The number of halogens is 1. The topological polar surface area (TPSA) is 24.9 Å². The van der Waals surface area contributed by atoms with Gasteiger partial charge in [0.1, 0.15) is 0 Å². The summed E-state index contributed by atoms with van der Waals surface area (Å²) < 4.78 is 11.0. The van der Waals surface area contributed by atoms with Gasteiger partial charge in [0.25, 0.3) is 0 Å². The molecule has 6 heteroatoms. The smallest absolute Gasteiger partial charge is 0.231 e. The van der Waals surface area contributed by atoms with E-state index in [0.29, 0.717) is 6.79 Å². The first-order chi connectivity index (χ1) is 15.7. The fourth-order valence-electron chi connectivity index (χ4n) is 4.54. The maximum Gasteiger partial charge on any atom is 0.231 e. The van der Waals surface area contributed by atoms with Crippen molar-refractivity contribution < 1.29 is 9.47 Å². The summed E-state index contributed by atoms with van der Waals surface area (Å²) in [5.74, 6) is 1.70. The first-order valence-corrected chi connectivity index (χ1v) is 12.1. The molecular formula is C26H23ClN2O2S. The van der Waals surface area contributed by atoms with Crippen LogP contribution >= 0.6 is 23.4 Å². The molecule has 3 aliphatic heterocycles. The van der Waals surface area contributed by atoms with Crippen molar-refractivity contribution in [2.24, 2.45) is 0 Å². The molecule has 0 unspecified atom stereocenters. The lowest BCUT2D eigenvalue weighted by Gasteiger charge is -2.37. The molecule has 32 heavy (non-hydrogen) atoms. The molecule has 0 radical (unpaired) electrons. The van der Waals surface area contributed by atoms with Crippen molar-refractivity contribution in [3.8, 4) is 11.5 Å². The van der Waals surface area contributed by atoms with Gasteiger partial charge in [0.05, 0.1) is 0 Å². The number of fused-ring (bicyclic) bond motifs is 3. The lowest BCUT2D eigenvalue weighted by Crippen LogP contribution is -2.44. The predicted molar refractivity (Wildman–Crippen MR) is 129 cm³/mol. The van der Waals surface area contributed by atoms with Crippen LogP contribution in [0, 0.1) is 0 Å². The van der Waals surface area contributed by atoms with E-state index in [-0.39, 0.29) is 0 Å². The quantitative estimate of drug-likeness (QED) is 0.486. The van der Waals surface area contributed by atoms with Gasteiger partial charge in [0, 0.05) is 58.8 Å². The molecule has 6 rings (SSSR count). The monoisotopic (exact) mass is 462 g/mol. The van der Waals surface area contributed by atoms with Gasteiger partial charge in [-0.05, 0) is 53.6 Å². The second-order valence-corrected chi connectivity index (χ2v) is 9.78. The van der Waals surface area contributed by atoms with Crippen LogP contribution in [0.4, 0.5) is 0 Å². The molecule has 0 N–H and O–H groups in total. The van der Waals surface area contributed by atoms with E-state index in [1.54, 1.807) is 0 Å². The molecule has 4 nitrogen and oxygen atoms in total. The molecule has 1 fully saturated rings. The Bertz CT molecular complexity index is 1200. The van der Waals surface area contributed by atoms with E-state index in [1.165, 1.54) is 32.2 Å². The van der Waals surface area contributed by atoms with Gasteiger partial charge >= 0.3 is 0 Å². The molecule has 162 valence electrons. The summed E-state index contributed by atoms with van der Waals surface area (Å²) in [4.78, 5) is 7.57. The summed E-state index contributed by atoms with van der Waals surface area (Å²) in [7, 11) is 0. The summed E-state index contributed by atoms with van der Waals surface area (Å²) in [5.41, 5.74) is 5.05. The Morgan fingerprint density at radius 2 is 1.69 bits per heavy atom. The zero-order valence-corrected chi connectivity index (χ0v) is 19.2. The zero-order chi connectivity index (χ0) is 21.5. The highest BCUT2D eigenvalue weighted by Gasteiger charge is 2.24. The predicted octanol–water partition coefficient (Wildman–Crippen LogP) is 5.85. The van der Waals surface area contributed by atoms with Crippen LogP contribution in [0.15, 0.2) is 70.5 Å². The van der Waals surface area contributed by atoms with Crippen molar-refractivity contribution in [2.45, 2.75) is 16.3 Å². The number of hydrogen-bond donors (Lipinski definition) is 0. The highest BCUT2D eigenvalue weighted by atomic mass is 35.5. The first-order valence-electron chi connectivity index (χ1n) is 10.9. The van der Waals surface area contributed by atoms with Gasteiger partial charge in [-0.1, -0.05) is 47.6 Å². The standard InChI is InChI=1S/C26H23ClN2O2S/c27-20-6-8-25-19(14-20)15-22(21-3-1-2-4-26(21)32-25)29-11-9-28(10-12-29)16-18-5-7-23-24(13-18)31-17-30-23/h1-8,13-15H,9-12,16-17H2. The number of benzene rings is 3. The Balaban J connectivity index is 1.22. The van der Waals surface area contributed by atoms with E-state index in [9.17, 15) is 0 Å². The molecule has 0 bridgehead atoms. The molecule has 0 amide bonds. The average Bonchev–Trinajstić information content (AvgIpc) is 3.21. The van der Waals surface area contributed by atoms with Crippen LogP contribution in [-0.4, -0.2) is 42.8 Å². The van der Waals surface area contributed by atoms with E-state index in [0.717, 1.165) is 49.2 Å². The Hall–Kier alpha value is -2.60. The summed E-state index contributed by atoms with van der Waals surface area (Å²) >= 11 is 8.15. The third kappa shape index (κ3) is 3.85. The molecule has 0 aliphatic carbocycles. The van der Waals surface area contributed by atoms with Crippen molar-refractivity contribution in [2.75, 3.05) is 33.0 Å². The molecule has 3 aromatic carbocycles. The Kier molecular flexibility index (Phi) is 5.26. The zero-order valence-electron chi connectivity index (χ0n) is 17.6. The van der Waals surface area contributed by atoms with Crippen molar-refractivity contribution >= 4 is 35.1 Å². The van der Waals surface area contributed by atoms with Crippen LogP contribution in [-0.2, 0) is 6.54 Å². The van der Waals surface area contributed by atoms with Crippen molar-refractivity contribution in [3.05, 3.63) is 82.4 Å². The fourth-order valence-corrected chi connectivity index (χ4v) is 5.76. The Labute approximate surface area is 197 Å². The molecule has 0 atom stereocenters. The lowest BCUT2D eigenvalue weighted by molar-refractivity contribution is 0.168. The van der Waals surface area contributed by atoms with E-state index in [1.807, 2.05) is 23.9 Å². The molecule has 3 aromatic rings. The minimum atomic E-state index is 0.320. The molecule has 0 aromatic heterocycles. The number of rotatable bonds is 3. The fraction of sp³-hybridized carbons (Fsp3) is 0.231. The van der Waals surface area contributed by atoms with E-state index in [4.69, 9.17) is 21.1 Å². The van der Waals surface area contributed by atoms with Gasteiger partial charge in [-0.15, -0.1) is 0 Å². The highest BCUT2D eigenvalue weighted by molar-refractivity contribution is 7.99. The van der Waals surface area contributed by atoms with Crippen LogP contribution in [0.2, 0.25) is 5.02 Å². The maximum atomic E-state index is 6.33. The third-order valence-corrected chi connectivity index (χ3v) is 7.61. The molecule has 1 saturated heterocycles. The van der Waals surface area contributed by atoms with Crippen molar-refractivity contribution in [3.63, 3.8) is 0 Å². The van der Waals surface area contributed by atoms with E-state index in [2.05, 4.69) is 64.4 Å². The summed E-state index contributed by atoms with van der Waals surface area (Å²) in [6.07, 6.45) is 2.31. The number of hydrogen-bond acceptors (Lipinski definition) is 5. The molecule has 3 heterocycles. The van der Waals surface area contributed by atoms with Crippen LogP contribution in [0.3, 0.4) is 0 Å². The SMILES string of the molecule is Clc1ccc2c(c1)C=C(N1CCN(Cc3ccc4c(c3)OCO4)CC1)c1ccccc1S2. The maximum absolute atomic E-state index is 6.33. The van der Waals surface area contributed by atoms with Gasteiger partial charge in [0.15, 0.2) is 11.5 Å². The molecule has 0 saturated carbocycles. The normalized spacial score (nSPS) is 17.4. The van der Waals surface area contributed by atoms with Gasteiger partial charge in [-0.3, -0.25) is 4.90 Å². The van der Waals surface area contributed by atoms with Crippen LogP contribution < -0.4 is 9.47 Å². The Morgan fingerprint density at radius 1 is 0.844 bits per heavy atom. The summed E-state index contributed by atoms with van der Waals surface area (Å²) in [6.45, 7) is 5.26. The van der Waals surface area contributed by atoms with Crippen LogP contribution in [0.1, 0.15) is 16.7 Å². The third-order valence-electron chi connectivity index (χ3n) is 6.20. The first kappa shape index (κ1) is 20.0. The molecule has 0 spiro atoms. The second kappa shape index (κ2) is 8.39. The largest absolute Gasteiger partial charge is 0.454 e. The number of ether oxygens (including phenoxy) is 2. The van der Waals surface area contributed by atoms with Crippen LogP contribution in [0.25, 0.3) is 11.8 Å². The highest BCUT2D eigenvalue weighted by Crippen LogP contribution is 2.42. The van der Waals surface area contributed by atoms with Gasteiger partial charge < -0.3 is 14.4 Å². The number of piperazine rings is 1. The van der Waals surface area contributed by atoms with Crippen molar-refractivity contribution in [1.29, 1.82) is 0 Å². The molecule has 3 aliphatic rings. The Morgan fingerprint density at radius 3 is 2.59 bits per heavy atom. The van der Waals surface area contributed by atoms with Gasteiger partial charge in [0.2, 0.25) is 6.79 Å². The van der Waals surface area contributed by atoms with E-state index >= 15 is 0 Å². The van der Waals surface area contributed by atoms with Crippen molar-refractivity contribution in [1.82, 2.24) is 9.80 Å². The minimum Gasteiger partial charge on any atom is -0.454 e. The second-order valence-electron chi connectivity index (χ2n) is 8.26. The van der Waals surface area contributed by atoms with Gasteiger partial charge in [-0.25, -0.2) is 0 Å². The van der Waals surface area contributed by atoms with E-state index < -0.39 is 0 Å². The average molecular weight is 463 g/mol. The van der Waals surface area contributed by atoms with Crippen LogP contribution in [0.5, 0.6) is 11.5 Å². The number of nitrogens with zero attached hydrogens (tertiary/aromatic N) is 2.